The van der Waals surface area contributed by atoms with Gasteiger partial charge in [-0.1, -0.05) is 11.8 Å². The van der Waals surface area contributed by atoms with Gasteiger partial charge in [-0.25, -0.2) is 4.39 Å². The Balaban J connectivity index is 2.66. The van der Waals surface area contributed by atoms with Crippen LogP contribution in [0, 0.1) is 17.7 Å². The molecule has 0 spiro atoms. The second-order valence-corrected chi connectivity index (χ2v) is 3.11. The van der Waals surface area contributed by atoms with Gasteiger partial charge in [-0.2, -0.15) is 11.8 Å². The third-order valence-corrected chi connectivity index (χ3v) is 1.73. The Morgan fingerprint density at radius 2 is 2.00 bits per heavy atom. The molecule has 62 valence electrons. The van der Waals surface area contributed by atoms with E-state index in [0.29, 0.717) is 0 Å². The van der Waals surface area contributed by atoms with Gasteiger partial charge in [0, 0.05) is 5.56 Å². The molecule has 1 aromatic carbocycles. The second-order valence-electron chi connectivity index (χ2n) is 2.24. The minimum Gasteiger partial charge on any atom is -0.207 e. The predicted molar refractivity (Wildman–Crippen MR) is 51.7 cm³/mol. The first-order valence-electron chi connectivity index (χ1n) is 3.56. The van der Waals surface area contributed by atoms with Crippen molar-refractivity contribution < 1.29 is 4.39 Å². The normalized spacial score (nSPS) is 8.83. The van der Waals surface area contributed by atoms with Gasteiger partial charge in [-0.15, -0.1) is 0 Å². The van der Waals surface area contributed by atoms with Gasteiger partial charge in [-0.3, -0.25) is 0 Å². The minimum atomic E-state index is -0.217. The Morgan fingerprint density at radius 1 is 1.33 bits per heavy atom. The van der Waals surface area contributed by atoms with Crippen molar-refractivity contribution in [3.63, 3.8) is 0 Å². The number of hydrogen-bond acceptors (Lipinski definition) is 1. The zero-order valence-electron chi connectivity index (χ0n) is 6.80. The van der Waals surface area contributed by atoms with E-state index in [9.17, 15) is 4.39 Å². The highest BCUT2D eigenvalue weighted by atomic mass is 32.2. The minimum absolute atomic E-state index is 0.217. The van der Waals surface area contributed by atoms with Crippen molar-refractivity contribution in [1.29, 1.82) is 0 Å². The van der Waals surface area contributed by atoms with Crippen molar-refractivity contribution in [2.45, 2.75) is 0 Å². The maximum Gasteiger partial charge on any atom is 0.123 e. The summed E-state index contributed by atoms with van der Waals surface area (Å²) in [4.78, 5) is 0. The standard InChI is InChI=1S/C10H9FS/c1-12-8-2-3-9-4-6-10(11)7-5-9/h4-7H,8H2,1H3. The molecule has 0 radical (unpaired) electrons. The molecule has 0 aliphatic carbocycles. The maximum absolute atomic E-state index is 12.4. The molecule has 1 rings (SSSR count). The Hall–Kier alpha value is -0.940. The molecule has 0 saturated carbocycles. The molecule has 0 unspecified atom stereocenters. The van der Waals surface area contributed by atoms with E-state index in [1.54, 1.807) is 23.9 Å². The van der Waals surface area contributed by atoms with Crippen LogP contribution in [0.3, 0.4) is 0 Å². The molecule has 0 bridgehead atoms. The van der Waals surface area contributed by atoms with Crippen LogP contribution < -0.4 is 0 Å². The lowest BCUT2D eigenvalue weighted by atomic mass is 10.2. The smallest absolute Gasteiger partial charge is 0.123 e. The number of hydrogen-bond donors (Lipinski definition) is 0. The quantitative estimate of drug-likeness (QED) is 0.598. The molecular weight excluding hydrogens is 171 g/mol. The first kappa shape index (κ1) is 9.15. The van der Waals surface area contributed by atoms with Crippen LogP contribution in [-0.2, 0) is 0 Å². The summed E-state index contributed by atoms with van der Waals surface area (Å²) in [5.41, 5.74) is 0.866. The van der Waals surface area contributed by atoms with Gasteiger partial charge in [-0.05, 0) is 30.5 Å². The van der Waals surface area contributed by atoms with Crippen LogP contribution in [0.25, 0.3) is 0 Å². The Labute approximate surface area is 76.2 Å². The van der Waals surface area contributed by atoms with Gasteiger partial charge in [0.1, 0.15) is 5.82 Å². The monoisotopic (exact) mass is 180 g/mol. The van der Waals surface area contributed by atoms with Crippen molar-refractivity contribution in [3.8, 4) is 11.8 Å². The van der Waals surface area contributed by atoms with E-state index in [0.717, 1.165) is 11.3 Å². The summed E-state index contributed by atoms with van der Waals surface area (Å²) in [6.45, 7) is 0. The lowest BCUT2D eigenvalue weighted by Crippen LogP contribution is -1.76. The molecule has 0 aliphatic heterocycles. The summed E-state index contributed by atoms with van der Waals surface area (Å²) in [5.74, 6) is 6.50. The topological polar surface area (TPSA) is 0 Å². The van der Waals surface area contributed by atoms with Crippen LogP contribution in [0.1, 0.15) is 5.56 Å². The van der Waals surface area contributed by atoms with Crippen molar-refractivity contribution in [1.82, 2.24) is 0 Å². The molecule has 0 N–H and O–H groups in total. The largest absolute Gasteiger partial charge is 0.207 e. The lowest BCUT2D eigenvalue weighted by molar-refractivity contribution is 0.627. The summed E-state index contributed by atoms with van der Waals surface area (Å²) in [7, 11) is 0. The molecule has 2 heteroatoms. The van der Waals surface area contributed by atoms with Crippen LogP contribution in [0.5, 0.6) is 0 Å². The van der Waals surface area contributed by atoms with Gasteiger partial charge < -0.3 is 0 Å². The average molecular weight is 180 g/mol. The average Bonchev–Trinajstić information content (AvgIpc) is 2.09. The summed E-state index contributed by atoms with van der Waals surface area (Å²) >= 11 is 1.68. The number of benzene rings is 1. The van der Waals surface area contributed by atoms with Crippen LogP contribution in [0.15, 0.2) is 24.3 Å². The molecule has 0 saturated heterocycles. The summed E-state index contributed by atoms with van der Waals surface area (Å²) in [6.07, 6.45) is 2.00. The van der Waals surface area contributed by atoms with Crippen molar-refractivity contribution >= 4 is 11.8 Å². The molecule has 0 fully saturated rings. The molecule has 0 aliphatic rings. The van der Waals surface area contributed by atoms with Gasteiger partial charge in [0.15, 0.2) is 0 Å². The first-order valence-corrected chi connectivity index (χ1v) is 4.95. The Bertz CT molecular complexity index is 292. The number of thioether (sulfide) groups is 1. The highest BCUT2D eigenvalue weighted by molar-refractivity contribution is 7.98. The van der Waals surface area contributed by atoms with E-state index in [2.05, 4.69) is 11.8 Å². The van der Waals surface area contributed by atoms with Crippen molar-refractivity contribution in [2.75, 3.05) is 12.0 Å². The fourth-order valence-corrected chi connectivity index (χ4v) is 0.960. The summed E-state index contributed by atoms with van der Waals surface area (Å²) in [5, 5.41) is 0. The Kier molecular flexibility index (Phi) is 3.69. The first-order chi connectivity index (χ1) is 5.83. The van der Waals surface area contributed by atoms with Crippen LogP contribution in [-0.4, -0.2) is 12.0 Å². The van der Waals surface area contributed by atoms with Gasteiger partial charge in [0.25, 0.3) is 0 Å². The molecule has 0 amide bonds. The second kappa shape index (κ2) is 4.84. The lowest BCUT2D eigenvalue weighted by Gasteiger charge is -1.88. The van der Waals surface area contributed by atoms with Gasteiger partial charge in [0.05, 0.1) is 5.75 Å². The molecule has 0 aromatic heterocycles. The van der Waals surface area contributed by atoms with E-state index in [-0.39, 0.29) is 5.82 Å². The van der Waals surface area contributed by atoms with E-state index in [4.69, 9.17) is 0 Å². The van der Waals surface area contributed by atoms with E-state index in [1.165, 1.54) is 12.1 Å². The fraction of sp³-hybridized carbons (Fsp3) is 0.200. The number of halogens is 1. The maximum atomic E-state index is 12.4. The SMILES string of the molecule is CSCC#Cc1ccc(F)cc1. The Morgan fingerprint density at radius 3 is 2.58 bits per heavy atom. The molecule has 0 atom stereocenters. The number of rotatable bonds is 1. The van der Waals surface area contributed by atoms with Crippen LogP contribution in [0.4, 0.5) is 4.39 Å². The highest BCUT2D eigenvalue weighted by Crippen LogP contribution is 2.00. The highest BCUT2D eigenvalue weighted by Gasteiger charge is 1.87. The predicted octanol–water partition coefficient (Wildman–Crippen LogP) is 2.54. The summed E-state index contributed by atoms with van der Waals surface area (Å²) < 4.78 is 12.4. The molecule has 12 heavy (non-hydrogen) atoms. The molecular formula is C10H9FS. The molecule has 1 aromatic rings. The fourth-order valence-electron chi connectivity index (χ4n) is 0.744. The van der Waals surface area contributed by atoms with Crippen LogP contribution in [0.2, 0.25) is 0 Å². The molecule has 0 nitrogen and oxygen atoms in total. The van der Waals surface area contributed by atoms with Crippen molar-refractivity contribution in [3.05, 3.63) is 35.6 Å². The third-order valence-electron chi connectivity index (χ3n) is 1.29. The van der Waals surface area contributed by atoms with Crippen LogP contribution >= 0.6 is 11.8 Å². The van der Waals surface area contributed by atoms with Crippen molar-refractivity contribution in [2.24, 2.45) is 0 Å². The van der Waals surface area contributed by atoms with Gasteiger partial charge >= 0.3 is 0 Å². The van der Waals surface area contributed by atoms with E-state index >= 15 is 0 Å². The zero-order chi connectivity index (χ0) is 8.81. The summed E-state index contributed by atoms with van der Waals surface area (Å²) in [6, 6.07) is 6.21. The van der Waals surface area contributed by atoms with Gasteiger partial charge in [0.2, 0.25) is 0 Å². The zero-order valence-corrected chi connectivity index (χ0v) is 7.62. The molecule has 0 heterocycles. The van der Waals surface area contributed by atoms with E-state index in [1.807, 2.05) is 6.26 Å². The van der Waals surface area contributed by atoms with E-state index < -0.39 is 0 Å². The third kappa shape index (κ3) is 2.98.